The van der Waals surface area contributed by atoms with Crippen molar-refractivity contribution in [3.63, 3.8) is 0 Å². The number of rotatable bonds is 5. The van der Waals surface area contributed by atoms with Gasteiger partial charge < -0.3 is 26.2 Å². The van der Waals surface area contributed by atoms with E-state index in [9.17, 15) is 18.4 Å². The zero-order chi connectivity index (χ0) is 23.9. The molecule has 4 N–H and O–H groups in total. The SMILES string of the molecule is Cc1nc(N[C@H]2C[C@H](NC(=O)NC3CCC(F)(F)CC3)C2)nc2c1NC(=O)[C@H](C(C)C)N2C. The first-order chi connectivity index (χ1) is 15.5. The lowest BCUT2D eigenvalue weighted by atomic mass is 9.87. The van der Waals surface area contributed by atoms with Gasteiger partial charge in [0, 0.05) is 38.0 Å². The van der Waals surface area contributed by atoms with Crippen LogP contribution in [0.5, 0.6) is 0 Å². The molecular formula is C22H33F2N7O2. The molecule has 1 aliphatic heterocycles. The third-order valence-corrected chi connectivity index (χ3v) is 6.83. The first kappa shape index (κ1) is 23.4. The number of anilines is 3. The normalized spacial score (nSPS) is 26.8. The minimum Gasteiger partial charge on any atom is -0.351 e. The fourth-order valence-electron chi connectivity index (χ4n) is 4.91. The van der Waals surface area contributed by atoms with Crippen LogP contribution < -0.4 is 26.2 Å². The maximum absolute atomic E-state index is 13.3. The molecule has 33 heavy (non-hydrogen) atoms. The van der Waals surface area contributed by atoms with Crippen molar-refractivity contribution in [3.8, 4) is 0 Å². The molecule has 11 heteroatoms. The monoisotopic (exact) mass is 465 g/mol. The summed E-state index contributed by atoms with van der Waals surface area (Å²) in [5, 5.41) is 12.0. The van der Waals surface area contributed by atoms with Crippen LogP contribution in [0.25, 0.3) is 0 Å². The number of halogens is 2. The summed E-state index contributed by atoms with van der Waals surface area (Å²) in [6.07, 6.45) is 1.69. The minimum atomic E-state index is -2.60. The Morgan fingerprint density at radius 1 is 1.12 bits per heavy atom. The Hall–Kier alpha value is -2.72. The van der Waals surface area contributed by atoms with Gasteiger partial charge in [0.1, 0.15) is 11.7 Å². The molecule has 4 rings (SSSR count). The van der Waals surface area contributed by atoms with Gasteiger partial charge in [-0.1, -0.05) is 13.8 Å². The Kier molecular flexibility index (Phi) is 6.32. The molecule has 182 valence electrons. The van der Waals surface area contributed by atoms with Crippen molar-refractivity contribution in [2.24, 2.45) is 5.92 Å². The van der Waals surface area contributed by atoms with Crippen molar-refractivity contribution in [3.05, 3.63) is 5.69 Å². The van der Waals surface area contributed by atoms with E-state index < -0.39 is 5.92 Å². The number of hydrogen-bond acceptors (Lipinski definition) is 6. The number of aryl methyl sites for hydroxylation is 1. The summed E-state index contributed by atoms with van der Waals surface area (Å²) in [4.78, 5) is 35.7. The zero-order valence-corrected chi connectivity index (χ0v) is 19.5. The Morgan fingerprint density at radius 3 is 2.39 bits per heavy atom. The standard InChI is InChI=1S/C22H33F2N7O2/c1-11(2)17-19(32)29-16-12(3)25-20(30-18(16)31(17)4)26-14-9-15(10-14)28-21(33)27-13-5-7-22(23,24)8-6-13/h11,13-15,17H,5-10H2,1-4H3,(H,29,32)(H,25,26,30)(H2,27,28,33)/t14-,15-,17-/m0/s1. The van der Waals surface area contributed by atoms with Gasteiger partial charge in [-0.15, -0.1) is 0 Å². The Balaban J connectivity index is 1.28. The molecule has 0 unspecified atom stereocenters. The van der Waals surface area contributed by atoms with Gasteiger partial charge in [-0.3, -0.25) is 4.79 Å². The largest absolute Gasteiger partial charge is 0.351 e. The molecule has 9 nitrogen and oxygen atoms in total. The Bertz CT molecular complexity index is 910. The van der Waals surface area contributed by atoms with Crippen molar-refractivity contribution in [2.75, 3.05) is 22.6 Å². The number of nitrogens with one attached hydrogen (secondary N) is 4. The first-order valence-corrected chi connectivity index (χ1v) is 11.7. The second kappa shape index (κ2) is 8.90. The van der Waals surface area contributed by atoms with E-state index in [2.05, 4.69) is 31.2 Å². The first-order valence-electron chi connectivity index (χ1n) is 11.7. The summed E-state index contributed by atoms with van der Waals surface area (Å²) < 4.78 is 26.5. The smallest absolute Gasteiger partial charge is 0.315 e. The quantitative estimate of drug-likeness (QED) is 0.532. The molecule has 2 saturated carbocycles. The second-order valence-corrected chi connectivity index (χ2v) is 9.88. The number of nitrogens with zero attached hydrogens (tertiary/aromatic N) is 3. The topological polar surface area (TPSA) is 111 Å². The summed E-state index contributed by atoms with van der Waals surface area (Å²) >= 11 is 0. The zero-order valence-electron chi connectivity index (χ0n) is 19.5. The lowest BCUT2D eigenvalue weighted by molar-refractivity contribution is -0.118. The van der Waals surface area contributed by atoms with Crippen LogP contribution >= 0.6 is 0 Å². The van der Waals surface area contributed by atoms with E-state index in [4.69, 9.17) is 0 Å². The summed E-state index contributed by atoms with van der Waals surface area (Å²) in [6, 6.07) is -0.667. The van der Waals surface area contributed by atoms with Gasteiger partial charge in [0.25, 0.3) is 0 Å². The fourth-order valence-corrected chi connectivity index (χ4v) is 4.91. The number of alkyl halides is 2. The van der Waals surface area contributed by atoms with Crippen LogP contribution in [0, 0.1) is 12.8 Å². The number of likely N-dealkylation sites (N-methyl/N-ethyl adjacent to an activating group) is 1. The van der Waals surface area contributed by atoms with Crippen LogP contribution in [0.3, 0.4) is 0 Å². The van der Waals surface area contributed by atoms with E-state index in [1.165, 1.54) is 0 Å². The molecular weight excluding hydrogens is 432 g/mol. The number of fused-ring (bicyclic) bond motifs is 1. The van der Waals surface area contributed by atoms with E-state index >= 15 is 0 Å². The molecule has 0 spiro atoms. The molecule has 3 amide bonds. The fraction of sp³-hybridized carbons (Fsp3) is 0.727. The predicted molar refractivity (Wildman–Crippen MR) is 122 cm³/mol. The van der Waals surface area contributed by atoms with E-state index in [-0.39, 0.29) is 54.9 Å². The maximum Gasteiger partial charge on any atom is 0.315 e. The van der Waals surface area contributed by atoms with Crippen LogP contribution in [0.4, 0.5) is 31.0 Å². The molecule has 2 aliphatic carbocycles. The second-order valence-electron chi connectivity index (χ2n) is 9.88. The number of hydrogen-bond donors (Lipinski definition) is 4. The van der Waals surface area contributed by atoms with Gasteiger partial charge >= 0.3 is 6.03 Å². The summed E-state index contributed by atoms with van der Waals surface area (Å²) in [5.41, 5.74) is 1.33. The highest BCUT2D eigenvalue weighted by Gasteiger charge is 2.38. The molecule has 1 aromatic rings. The summed E-state index contributed by atoms with van der Waals surface area (Å²) in [7, 11) is 1.87. The number of aromatic nitrogens is 2. The molecule has 3 aliphatic rings. The summed E-state index contributed by atoms with van der Waals surface area (Å²) in [5.74, 6) is -1.35. The van der Waals surface area contributed by atoms with E-state index in [1.54, 1.807) is 0 Å². The van der Waals surface area contributed by atoms with E-state index in [1.807, 2.05) is 32.7 Å². The maximum atomic E-state index is 13.3. The lowest BCUT2D eigenvalue weighted by Gasteiger charge is -2.38. The average Bonchev–Trinajstić information content (AvgIpc) is 2.69. The minimum absolute atomic E-state index is 0.0125. The number of carbonyl (C=O) groups is 2. The highest BCUT2D eigenvalue weighted by molar-refractivity contribution is 6.03. The van der Waals surface area contributed by atoms with Crippen LogP contribution in [0.1, 0.15) is 58.1 Å². The lowest BCUT2D eigenvalue weighted by Crippen LogP contribution is -2.54. The van der Waals surface area contributed by atoms with E-state index in [0.717, 1.165) is 12.8 Å². The van der Waals surface area contributed by atoms with Crippen molar-refractivity contribution >= 4 is 29.4 Å². The molecule has 0 bridgehead atoms. The molecule has 2 heterocycles. The Morgan fingerprint density at radius 2 is 1.76 bits per heavy atom. The van der Waals surface area contributed by atoms with Gasteiger partial charge in [0.05, 0.1) is 5.69 Å². The van der Waals surface area contributed by atoms with Gasteiger partial charge in [0.2, 0.25) is 17.8 Å². The molecule has 1 atom stereocenters. The van der Waals surface area contributed by atoms with Crippen LogP contribution in [0.2, 0.25) is 0 Å². The van der Waals surface area contributed by atoms with Crippen LogP contribution in [0.15, 0.2) is 0 Å². The highest BCUT2D eigenvalue weighted by Crippen LogP contribution is 2.35. The molecule has 0 radical (unpaired) electrons. The average molecular weight is 466 g/mol. The van der Waals surface area contributed by atoms with Crippen molar-refractivity contribution in [2.45, 2.75) is 89.4 Å². The molecule has 0 saturated heterocycles. The third kappa shape index (κ3) is 5.11. The molecule has 1 aromatic heterocycles. The molecule has 0 aromatic carbocycles. The van der Waals surface area contributed by atoms with Gasteiger partial charge in [-0.25, -0.2) is 18.6 Å². The molecule has 2 fully saturated rings. The van der Waals surface area contributed by atoms with Gasteiger partial charge in [-0.05, 0) is 38.5 Å². The van der Waals surface area contributed by atoms with Crippen LogP contribution in [-0.4, -0.2) is 59.0 Å². The van der Waals surface area contributed by atoms with Gasteiger partial charge in [-0.2, -0.15) is 4.98 Å². The Labute approximate surface area is 192 Å². The van der Waals surface area contributed by atoms with E-state index in [0.29, 0.717) is 36.0 Å². The predicted octanol–water partition coefficient (Wildman–Crippen LogP) is 3.02. The van der Waals surface area contributed by atoms with Crippen molar-refractivity contribution in [1.29, 1.82) is 0 Å². The highest BCUT2D eigenvalue weighted by atomic mass is 19.3. The number of amides is 3. The number of carbonyl (C=O) groups excluding carboxylic acids is 2. The van der Waals surface area contributed by atoms with Gasteiger partial charge in [0.15, 0.2) is 5.82 Å². The van der Waals surface area contributed by atoms with Crippen molar-refractivity contribution < 1.29 is 18.4 Å². The van der Waals surface area contributed by atoms with Crippen LogP contribution in [-0.2, 0) is 4.79 Å². The number of urea groups is 1. The third-order valence-electron chi connectivity index (χ3n) is 6.83. The summed E-state index contributed by atoms with van der Waals surface area (Å²) in [6.45, 7) is 5.84. The van der Waals surface area contributed by atoms with Crippen molar-refractivity contribution in [1.82, 2.24) is 20.6 Å².